The summed E-state index contributed by atoms with van der Waals surface area (Å²) >= 11 is 6.11. The molecule has 2 N–H and O–H groups in total. The predicted octanol–water partition coefficient (Wildman–Crippen LogP) is 2.38. The van der Waals surface area contributed by atoms with Crippen molar-refractivity contribution in [1.29, 1.82) is 0 Å². The third-order valence-corrected chi connectivity index (χ3v) is 5.27. The summed E-state index contributed by atoms with van der Waals surface area (Å²) in [6.07, 6.45) is 3.53. The van der Waals surface area contributed by atoms with Crippen molar-refractivity contribution in [3.8, 4) is 0 Å². The molecule has 2 aromatic rings. The fraction of sp³-hybridized carbons (Fsp3) is 0.357. The van der Waals surface area contributed by atoms with Gasteiger partial charge in [0.25, 0.3) is 0 Å². The first-order valence-corrected chi connectivity index (χ1v) is 8.85. The van der Waals surface area contributed by atoms with E-state index < -0.39 is 10.0 Å². The van der Waals surface area contributed by atoms with E-state index in [2.05, 4.69) is 15.0 Å². The summed E-state index contributed by atoms with van der Waals surface area (Å²) in [6, 6.07) is 6.94. The van der Waals surface area contributed by atoms with Crippen molar-refractivity contribution in [3.63, 3.8) is 0 Å². The summed E-state index contributed by atoms with van der Waals surface area (Å²) in [6.45, 7) is 0.881. The molecule has 0 spiro atoms. The Morgan fingerprint density at radius 1 is 1.38 bits per heavy atom. The molecule has 21 heavy (non-hydrogen) atoms. The number of pyridine rings is 1. The largest absolute Gasteiger partial charge is 0.313 e. The van der Waals surface area contributed by atoms with Crippen LogP contribution in [-0.2, 0) is 10.0 Å². The van der Waals surface area contributed by atoms with Gasteiger partial charge in [0.05, 0.1) is 22.0 Å². The topological polar surface area (TPSA) is 71.1 Å². The normalized spacial score (nSPS) is 19.0. The number of hydrogen-bond donors (Lipinski definition) is 2. The predicted molar refractivity (Wildman–Crippen MR) is 85.2 cm³/mol. The van der Waals surface area contributed by atoms with Gasteiger partial charge in [-0.15, -0.1) is 0 Å². The van der Waals surface area contributed by atoms with Crippen LogP contribution in [0.25, 0.3) is 10.9 Å². The molecule has 7 heteroatoms. The van der Waals surface area contributed by atoms with E-state index in [-0.39, 0.29) is 11.8 Å². The maximum Gasteiger partial charge on any atom is 0.234 e. The van der Waals surface area contributed by atoms with Crippen LogP contribution in [-0.4, -0.2) is 31.7 Å². The van der Waals surface area contributed by atoms with Crippen LogP contribution in [0.5, 0.6) is 0 Å². The van der Waals surface area contributed by atoms with Gasteiger partial charge >= 0.3 is 0 Å². The Balaban J connectivity index is 1.89. The molecular weight excluding hydrogens is 310 g/mol. The summed E-state index contributed by atoms with van der Waals surface area (Å²) in [5.41, 5.74) is 1.03. The lowest BCUT2D eigenvalue weighted by molar-refractivity contribution is 0.582. The van der Waals surface area contributed by atoms with Gasteiger partial charge in [0.15, 0.2) is 0 Å². The van der Waals surface area contributed by atoms with Crippen LogP contribution in [0.2, 0.25) is 5.02 Å². The zero-order chi connectivity index (χ0) is 14.9. The molecule has 0 radical (unpaired) electrons. The summed E-state index contributed by atoms with van der Waals surface area (Å²) < 4.78 is 27.2. The number of anilines is 1. The van der Waals surface area contributed by atoms with Gasteiger partial charge < -0.3 is 5.32 Å². The molecule has 0 bridgehead atoms. The van der Waals surface area contributed by atoms with Gasteiger partial charge in [0.1, 0.15) is 0 Å². The first-order chi connectivity index (χ1) is 10.1. The van der Waals surface area contributed by atoms with E-state index in [1.807, 2.05) is 6.07 Å². The van der Waals surface area contributed by atoms with E-state index >= 15 is 0 Å². The third-order valence-electron chi connectivity index (χ3n) is 3.56. The Morgan fingerprint density at radius 3 is 3.00 bits per heavy atom. The van der Waals surface area contributed by atoms with Crippen LogP contribution in [0.3, 0.4) is 0 Å². The minimum absolute atomic E-state index is 0.0222. The number of aromatic nitrogens is 1. The summed E-state index contributed by atoms with van der Waals surface area (Å²) in [7, 11) is -3.42. The average molecular weight is 326 g/mol. The lowest BCUT2D eigenvalue weighted by atomic mass is 10.2. The van der Waals surface area contributed by atoms with Crippen molar-refractivity contribution in [2.24, 2.45) is 0 Å². The van der Waals surface area contributed by atoms with Crippen LogP contribution >= 0.6 is 11.6 Å². The monoisotopic (exact) mass is 325 g/mol. The number of hydrogen-bond acceptors (Lipinski definition) is 4. The summed E-state index contributed by atoms with van der Waals surface area (Å²) in [5, 5.41) is 4.48. The number of halogens is 1. The van der Waals surface area contributed by atoms with Crippen molar-refractivity contribution >= 4 is 38.2 Å². The zero-order valence-corrected chi connectivity index (χ0v) is 12.9. The number of fused-ring (bicyclic) bond motifs is 1. The van der Waals surface area contributed by atoms with Crippen molar-refractivity contribution < 1.29 is 8.42 Å². The van der Waals surface area contributed by atoms with Crippen molar-refractivity contribution in [3.05, 3.63) is 35.5 Å². The van der Waals surface area contributed by atoms with Crippen LogP contribution in [0.15, 0.2) is 30.5 Å². The molecule has 5 nitrogen and oxygen atoms in total. The van der Waals surface area contributed by atoms with Gasteiger partial charge in [-0.1, -0.05) is 11.6 Å². The van der Waals surface area contributed by atoms with Crippen LogP contribution in [0.1, 0.15) is 12.8 Å². The van der Waals surface area contributed by atoms with Crippen LogP contribution in [0, 0.1) is 0 Å². The van der Waals surface area contributed by atoms with E-state index in [0.717, 1.165) is 24.8 Å². The van der Waals surface area contributed by atoms with Crippen LogP contribution in [0.4, 0.5) is 5.69 Å². The first-order valence-electron chi connectivity index (χ1n) is 6.82. The minimum Gasteiger partial charge on any atom is -0.313 e. The second kappa shape index (κ2) is 5.79. The minimum atomic E-state index is -3.42. The summed E-state index contributed by atoms with van der Waals surface area (Å²) in [4.78, 5) is 4.23. The van der Waals surface area contributed by atoms with Gasteiger partial charge in [0.2, 0.25) is 10.0 Å². The average Bonchev–Trinajstić information content (AvgIpc) is 2.94. The zero-order valence-electron chi connectivity index (χ0n) is 11.3. The molecule has 3 rings (SSSR count). The standard InChI is InChI=1S/C14H16ClN3O2S/c15-12-5-6-13(14-11(12)4-2-8-17-14)18-21(19,20)9-10-3-1-7-16-10/h2,4-6,8,10,16,18H,1,3,7,9H2. The highest BCUT2D eigenvalue weighted by atomic mass is 35.5. The SMILES string of the molecule is O=S(=O)(CC1CCCN1)Nc1ccc(Cl)c2cccnc12. The third kappa shape index (κ3) is 3.28. The van der Waals surface area contributed by atoms with E-state index in [4.69, 9.17) is 11.6 Å². The molecule has 112 valence electrons. The van der Waals surface area contributed by atoms with Gasteiger partial charge in [-0.3, -0.25) is 9.71 Å². The highest BCUT2D eigenvalue weighted by molar-refractivity contribution is 7.92. The Hall–Kier alpha value is -1.37. The van der Waals surface area contributed by atoms with Gasteiger partial charge in [-0.2, -0.15) is 0 Å². The molecule has 1 aromatic carbocycles. The van der Waals surface area contributed by atoms with E-state index in [1.165, 1.54) is 0 Å². The molecule has 1 aromatic heterocycles. The Kier molecular flexibility index (Phi) is 4.01. The number of rotatable bonds is 4. The maximum atomic E-state index is 12.3. The van der Waals surface area contributed by atoms with Crippen molar-refractivity contribution in [2.75, 3.05) is 17.0 Å². The van der Waals surface area contributed by atoms with Crippen LogP contribution < -0.4 is 10.0 Å². The Labute approximate surface area is 128 Å². The highest BCUT2D eigenvalue weighted by Crippen LogP contribution is 2.28. The molecule has 0 saturated carbocycles. The lowest BCUT2D eigenvalue weighted by Gasteiger charge is -2.14. The second-order valence-corrected chi connectivity index (χ2v) is 7.35. The fourth-order valence-corrected chi connectivity index (χ4v) is 4.21. The highest BCUT2D eigenvalue weighted by Gasteiger charge is 2.22. The molecular formula is C14H16ClN3O2S. The molecule has 1 fully saturated rings. The number of nitrogens with zero attached hydrogens (tertiary/aromatic N) is 1. The Morgan fingerprint density at radius 2 is 2.24 bits per heavy atom. The number of nitrogens with one attached hydrogen (secondary N) is 2. The Bertz CT molecular complexity index is 758. The fourth-order valence-electron chi connectivity index (χ4n) is 2.59. The van der Waals surface area contributed by atoms with E-state index in [9.17, 15) is 8.42 Å². The molecule has 1 atom stereocenters. The van der Waals surface area contributed by atoms with Gasteiger partial charge in [-0.25, -0.2) is 8.42 Å². The lowest BCUT2D eigenvalue weighted by Crippen LogP contribution is -2.32. The molecule has 0 amide bonds. The molecule has 2 heterocycles. The van der Waals surface area contributed by atoms with Gasteiger partial charge in [0, 0.05) is 17.6 Å². The quantitative estimate of drug-likeness (QED) is 0.905. The maximum absolute atomic E-state index is 12.3. The second-order valence-electron chi connectivity index (χ2n) is 5.17. The van der Waals surface area contributed by atoms with E-state index in [1.54, 1.807) is 24.4 Å². The molecule has 1 saturated heterocycles. The van der Waals surface area contributed by atoms with E-state index in [0.29, 0.717) is 16.2 Å². The van der Waals surface area contributed by atoms with Gasteiger partial charge in [-0.05, 0) is 43.7 Å². The molecule has 1 aliphatic heterocycles. The van der Waals surface area contributed by atoms with Crippen molar-refractivity contribution in [1.82, 2.24) is 10.3 Å². The number of benzene rings is 1. The number of sulfonamides is 1. The molecule has 1 unspecified atom stereocenters. The molecule has 1 aliphatic rings. The molecule has 0 aliphatic carbocycles. The first kappa shape index (κ1) is 14.6. The van der Waals surface area contributed by atoms with Crippen molar-refractivity contribution in [2.45, 2.75) is 18.9 Å². The summed E-state index contributed by atoms with van der Waals surface area (Å²) in [5.74, 6) is 0.0734. The smallest absolute Gasteiger partial charge is 0.234 e.